The van der Waals surface area contributed by atoms with E-state index in [1.54, 1.807) is 6.20 Å². The maximum absolute atomic E-state index is 9.20. The number of fused-ring (bicyclic) bond motifs is 1. The molecule has 0 saturated carbocycles. The van der Waals surface area contributed by atoms with Crippen molar-refractivity contribution in [1.82, 2.24) is 10.3 Å². The molecule has 0 saturated heterocycles. The summed E-state index contributed by atoms with van der Waals surface area (Å²) in [7, 11) is 0. The van der Waals surface area contributed by atoms with E-state index in [1.807, 2.05) is 44.2 Å². The van der Waals surface area contributed by atoms with Crippen molar-refractivity contribution in [2.24, 2.45) is 0 Å². The van der Waals surface area contributed by atoms with Gasteiger partial charge in [-0.3, -0.25) is 10.3 Å². The number of hydrogen-bond acceptors (Lipinski definition) is 4. The predicted octanol–water partition coefficient (Wildman–Crippen LogP) is 2.90. The molecule has 20 heavy (non-hydrogen) atoms. The molecule has 1 atom stereocenters. The molecule has 0 aliphatic rings. The zero-order valence-corrected chi connectivity index (χ0v) is 11.9. The van der Waals surface area contributed by atoms with Gasteiger partial charge in [0.25, 0.3) is 0 Å². The Hall–Kier alpha value is -2.12. The summed E-state index contributed by atoms with van der Waals surface area (Å²) in [6, 6.07) is 12.1. The fourth-order valence-electron chi connectivity index (χ4n) is 2.13. The summed E-state index contributed by atoms with van der Waals surface area (Å²) in [5.41, 5.74) is 0.310. The number of para-hydroxylation sites is 1. The van der Waals surface area contributed by atoms with Crippen LogP contribution in [0.4, 0.5) is 0 Å². The highest BCUT2D eigenvalue weighted by atomic mass is 16.5. The van der Waals surface area contributed by atoms with E-state index in [-0.39, 0.29) is 0 Å². The Kier molecular flexibility index (Phi) is 4.54. The lowest BCUT2D eigenvalue weighted by atomic mass is 10.0. The van der Waals surface area contributed by atoms with Crippen molar-refractivity contribution in [2.45, 2.75) is 25.8 Å². The van der Waals surface area contributed by atoms with E-state index in [2.05, 4.69) is 16.4 Å². The first-order valence-electron chi connectivity index (χ1n) is 6.81. The zero-order chi connectivity index (χ0) is 14.4. The Morgan fingerprint density at radius 1 is 1.35 bits per heavy atom. The Bertz CT molecular complexity index is 615. The lowest BCUT2D eigenvalue weighted by molar-refractivity contribution is 0.271. The molecule has 0 amide bonds. The van der Waals surface area contributed by atoms with E-state index in [0.717, 1.165) is 23.2 Å². The first-order valence-corrected chi connectivity index (χ1v) is 6.81. The zero-order valence-electron chi connectivity index (χ0n) is 11.9. The van der Waals surface area contributed by atoms with Gasteiger partial charge in [0.05, 0.1) is 12.7 Å². The second-order valence-corrected chi connectivity index (χ2v) is 4.90. The first kappa shape index (κ1) is 14.3. The maximum atomic E-state index is 9.20. The number of hydrogen-bond donors (Lipinski definition) is 1. The third-order valence-electron chi connectivity index (χ3n) is 3.27. The minimum atomic E-state index is -0.549. The molecule has 0 fully saturated rings. The molecule has 104 valence electrons. The van der Waals surface area contributed by atoms with Gasteiger partial charge in [-0.1, -0.05) is 25.1 Å². The second kappa shape index (κ2) is 6.36. The largest absolute Gasteiger partial charge is 0.491 e. The lowest BCUT2D eigenvalue weighted by Gasteiger charge is -2.22. The van der Waals surface area contributed by atoms with Gasteiger partial charge in [0.15, 0.2) is 0 Å². The molecule has 0 aliphatic heterocycles. The molecule has 0 aliphatic carbocycles. The second-order valence-electron chi connectivity index (χ2n) is 4.90. The van der Waals surface area contributed by atoms with Gasteiger partial charge < -0.3 is 4.74 Å². The van der Waals surface area contributed by atoms with Crippen LogP contribution in [0.1, 0.15) is 20.3 Å². The van der Waals surface area contributed by atoms with Gasteiger partial charge >= 0.3 is 0 Å². The Balaban J connectivity index is 2.05. The van der Waals surface area contributed by atoms with E-state index in [4.69, 9.17) is 4.74 Å². The average Bonchev–Trinajstić information content (AvgIpc) is 2.48. The topological polar surface area (TPSA) is 57.9 Å². The van der Waals surface area contributed by atoms with Crippen LogP contribution in [0.25, 0.3) is 10.9 Å². The van der Waals surface area contributed by atoms with Crippen LogP contribution in [-0.2, 0) is 0 Å². The third kappa shape index (κ3) is 3.25. The van der Waals surface area contributed by atoms with Crippen LogP contribution >= 0.6 is 0 Å². The number of pyridine rings is 1. The van der Waals surface area contributed by atoms with Gasteiger partial charge in [0.2, 0.25) is 0 Å². The van der Waals surface area contributed by atoms with Gasteiger partial charge in [-0.2, -0.15) is 5.26 Å². The number of nitrogens with one attached hydrogen (secondary N) is 1. The molecule has 2 aromatic rings. The van der Waals surface area contributed by atoms with Gasteiger partial charge in [0, 0.05) is 18.0 Å². The summed E-state index contributed by atoms with van der Waals surface area (Å²) in [6.45, 7) is 5.12. The molecule has 4 heteroatoms. The normalized spacial score (nSPS) is 13.7. The molecule has 0 bridgehead atoms. The van der Waals surface area contributed by atoms with Crippen molar-refractivity contribution >= 4 is 10.9 Å². The molecule has 1 aromatic carbocycles. The predicted molar refractivity (Wildman–Crippen MR) is 79.5 cm³/mol. The van der Waals surface area contributed by atoms with Crippen LogP contribution in [0.3, 0.4) is 0 Å². The maximum Gasteiger partial charge on any atom is 0.145 e. The fourth-order valence-corrected chi connectivity index (χ4v) is 2.13. The molecular formula is C16H19N3O. The fraction of sp³-hybridized carbons (Fsp3) is 0.375. The number of aromatic nitrogens is 1. The Morgan fingerprint density at radius 2 is 2.15 bits per heavy atom. The van der Waals surface area contributed by atoms with Crippen LogP contribution in [-0.4, -0.2) is 23.7 Å². The summed E-state index contributed by atoms with van der Waals surface area (Å²) in [5.74, 6) is 0.764. The first-order chi connectivity index (χ1) is 9.68. The highest BCUT2D eigenvalue weighted by Gasteiger charge is 2.22. The summed E-state index contributed by atoms with van der Waals surface area (Å²) in [4.78, 5) is 4.35. The molecule has 2 rings (SSSR count). The molecule has 1 N–H and O–H groups in total. The van der Waals surface area contributed by atoms with E-state index in [1.165, 1.54) is 0 Å². The molecular weight excluding hydrogens is 250 g/mol. The Morgan fingerprint density at radius 3 is 2.90 bits per heavy atom. The van der Waals surface area contributed by atoms with Gasteiger partial charge in [-0.25, -0.2) is 0 Å². The van der Waals surface area contributed by atoms with Gasteiger partial charge in [-0.15, -0.1) is 0 Å². The monoisotopic (exact) mass is 269 g/mol. The molecule has 4 nitrogen and oxygen atoms in total. The SMILES string of the molecule is CCNC(C)(C#N)CCOc1cccc2cccnc12. The third-order valence-corrected chi connectivity index (χ3v) is 3.27. The van der Waals surface area contributed by atoms with Crippen LogP contribution < -0.4 is 10.1 Å². The van der Waals surface area contributed by atoms with Crippen molar-refractivity contribution in [3.63, 3.8) is 0 Å². The number of nitrogens with zero attached hydrogens (tertiary/aromatic N) is 2. The summed E-state index contributed by atoms with van der Waals surface area (Å²) in [5, 5.41) is 13.4. The van der Waals surface area contributed by atoms with E-state index < -0.39 is 5.54 Å². The minimum Gasteiger partial charge on any atom is -0.491 e. The highest BCUT2D eigenvalue weighted by Crippen LogP contribution is 2.23. The van der Waals surface area contributed by atoms with Crippen LogP contribution in [0.2, 0.25) is 0 Å². The lowest BCUT2D eigenvalue weighted by Crippen LogP contribution is -2.42. The van der Waals surface area contributed by atoms with Crippen molar-refractivity contribution in [2.75, 3.05) is 13.2 Å². The summed E-state index contributed by atoms with van der Waals surface area (Å²) >= 11 is 0. The van der Waals surface area contributed by atoms with Crippen molar-refractivity contribution in [3.8, 4) is 11.8 Å². The highest BCUT2D eigenvalue weighted by molar-refractivity contribution is 5.84. The standard InChI is InChI=1S/C16H19N3O/c1-3-19-16(2,12-17)9-11-20-14-8-4-6-13-7-5-10-18-15(13)14/h4-8,10,19H,3,9,11H2,1-2H3. The van der Waals surface area contributed by atoms with Crippen molar-refractivity contribution in [1.29, 1.82) is 5.26 Å². The summed E-state index contributed by atoms with van der Waals surface area (Å²) < 4.78 is 5.81. The number of rotatable bonds is 6. The van der Waals surface area contributed by atoms with E-state index in [0.29, 0.717) is 13.0 Å². The van der Waals surface area contributed by atoms with Crippen LogP contribution in [0.5, 0.6) is 5.75 Å². The minimum absolute atomic E-state index is 0.479. The number of nitriles is 1. The molecule has 1 aromatic heterocycles. The van der Waals surface area contributed by atoms with Crippen LogP contribution in [0, 0.1) is 11.3 Å². The van der Waals surface area contributed by atoms with Crippen molar-refractivity contribution in [3.05, 3.63) is 36.5 Å². The molecule has 0 radical (unpaired) electrons. The summed E-state index contributed by atoms with van der Waals surface area (Å²) in [6.07, 6.45) is 2.38. The molecule has 0 spiro atoms. The van der Waals surface area contributed by atoms with Gasteiger partial charge in [-0.05, 0) is 25.6 Å². The number of benzene rings is 1. The number of ether oxygens (including phenoxy) is 1. The molecule has 1 unspecified atom stereocenters. The smallest absolute Gasteiger partial charge is 0.145 e. The van der Waals surface area contributed by atoms with E-state index in [9.17, 15) is 5.26 Å². The van der Waals surface area contributed by atoms with Gasteiger partial charge in [0.1, 0.15) is 16.8 Å². The van der Waals surface area contributed by atoms with Crippen molar-refractivity contribution < 1.29 is 4.74 Å². The quantitative estimate of drug-likeness (QED) is 0.876. The molecule has 1 heterocycles. The Labute approximate surface area is 119 Å². The van der Waals surface area contributed by atoms with E-state index >= 15 is 0 Å². The van der Waals surface area contributed by atoms with Crippen LogP contribution in [0.15, 0.2) is 36.5 Å². The average molecular weight is 269 g/mol.